The van der Waals surface area contributed by atoms with Gasteiger partial charge in [-0.1, -0.05) is 37.3 Å². The van der Waals surface area contributed by atoms with Crippen molar-refractivity contribution in [3.05, 3.63) is 60.1 Å². The van der Waals surface area contributed by atoms with Crippen LogP contribution < -0.4 is 5.73 Å². The first-order chi connectivity index (χ1) is 9.14. The zero-order valence-electron chi connectivity index (χ0n) is 11.7. The topological polar surface area (TPSA) is 42.4 Å². The lowest BCUT2D eigenvalue weighted by Crippen LogP contribution is -2.42. The maximum atomic E-state index is 6.02. The molecule has 1 aromatic carbocycles. The average Bonchev–Trinajstić information content (AvgIpc) is 2.92. The molecule has 0 saturated carbocycles. The Balaban J connectivity index is 2.06. The molecular formula is C16H22N2O. The van der Waals surface area contributed by atoms with Crippen molar-refractivity contribution >= 4 is 0 Å². The summed E-state index contributed by atoms with van der Waals surface area (Å²) in [5, 5.41) is 0. The van der Waals surface area contributed by atoms with Crippen LogP contribution in [0.4, 0.5) is 0 Å². The minimum absolute atomic E-state index is 0.0280. The van der Waals surface area contributed by atoms with Gasteiger partial charge in [-0.25, -0.2) is 0 Å². The summed E-state index contributed by atoms with van der Waals surface area (Å²) >= 11 is 0. The highest BCUT2D eigenvalue weighted by Crippen LogP contribution is 2.24. The van der Waals surface area contributed by atoms with E-state index in [1.54, 1.807) is 12.5 Å². The maximum absolute atomic E-state index is 6.02. The van der Waals surface area contributed by atoms with Crippen LogP contribution in [0, 0.1) is 0 Å². The van der Waals surface area contributed by atoms with Crippen molar-refractivity contribution in [2.24, 2.45) is 5.73 Å². The molecule has 2 N–H and O–H groups in total. The van der Waals surface area contributed by atoms with E-state index in [0.717, 1.165) is 13.1 Å². The second-order valence-electron chi connectivity index (χ2n) is 5.43. The molecule has 0 radical (unpaired) electrons. The predicted octanol–water partition coefficient (Wildman–Crippen LogP) is 2.63. The zero-order valence-corrected chi connectivity index (χ0v) is 11.7. The van der Waals surface area contributed by atoms with E-state index in [1.807, 2.05) is 12.1 Å². The van der Waals surface area contributed by atoms with Crippen molar-refractivity contribution < 1.29 is 4.42 Å². The van der Waals surface area contributed by atoms with Gasteiger partial charge in [-0.15, -0.1) is 0 Å². The molecule has 1 aromatic heterocycles. The highest BCUT2D eigenvalue weighted by atomic mass is 16.3. The molecule has 1 heterocycles. The first-order valence-corrected chi connectivity index (χ1v) is 6.59. The summed E-state index contributed by atoms with van der Waals surface area (Å²) < 4.78 is 5.11. The van der Waals surface area contributed by atoms with Gasteiger partial charge in [-0.05, 0) is 18.7 Å². The van der Waals surface area contributed by atoms with Gasteiger partial charge in [0.1, 0.15) is 0 Å². The molecule has 0 saturated heterocycles. The Morgan fingerprint density at radius 2 is 1.95 bits per heavy atom. The van der Waals surface area contributed by atoms with Gasteiger partial charge in [-0.2, -0.15) is 0 Å². The third kappa shape index (κ3) is 3.46. The predicted molar refractivity (Wildman–Crippen MR) is 77.9 cm³/mol. The highest BCUT2D eigenvalue weighted by molar-refractivity contribution is 5.25. The van der Waals surface area contributed by atoms with Crippen molar-refractivity contribution in [2.75, 3.05) is 20.1 Å². The maximum Gasteiger partial charge on any atom is 0.0947 e. The van der Waals surface area contributed by atoms with Crippen LogP contribution in [0.3, 0.4) is 0 Å². The molecule has 3 heteroatoms. The van der Waals surface area contributed by atoms with Crippen molar-refractivity contribution in [3.63, 3.8) is 0 Å². The third-order valence-electron chi connectivity index (χ3n) is 3.57. The number of likely N-dealkylation sites (N-methyl/N-ethyl adjacent to an activating group) is 1. The molecule has 0 aliphatic heterocycles. The highest BCUT2D eigenvalue weighted by Gasteiger charge is 2.26. The Morgan fingerprint density at radius 1 is 1.21 bits per heavy atom. The summed E-state index contributed by atoms with van der Waals surface area (Å²) in [5.41, 5.74) is 8.47. The zero-order chi connectivity index (χ0) is 13.7. The fourth-order valence-corrected chi connectivity index (χ4v) is 2.46. The van der Waals surface area contributed by atoms with Crippen LogP contribution >= 0.6 is 0 Å². The molecule has 3 nitrogen and oxygen atoms in total. The molecule has 102 valence electrons. The summed E-state index contributed by atoms with van der Waals surface area (Å²) in [6.45, 7) is 4.64. The summed E-state index contributed by atoms with van der Waals surface area (Å²) in [6, 6.07) is 12.5. The number of hydrogen-bond acceptors (Lipinski definition) is 3. The molecule has 1 atom stereocenters. The summed E-state index contributed by atoms with van der Waals surface area (Å²) in [5.74, 6) is 0. The van der Waals surface area contributed by atoms with Crippen LogP contribution in [-0.4, -0.2) is 25.0 Å². The quantitative estimate of drug-likeness (QED) is 0.866. The Kier molecular flexibility index (Phi) is 4.40. The first-order valence-electron chi connectivity index (χ1n) is 6.59. The number of nitrogens with zero attached hydrogens (tertiary/aromatic N) is 1. The van der Waals surface area contributed by atoms with Gasteiger partial charge in [0.25, 0.3) is 0 Å². The third-order valence-corrected chi connectivity index (χ3v) is 3.57. The summed E-state index contributed by atoms with van der Waals surface area (Å²) in [4.78, 5) is 2.28. The van der Waals surface area contributed by atoms with Crippen molar-refractivity contribution in [2.45, 2.75) is 18.9 Å². The number of rotatable bonds is 6. The molecule has 0 amide bonds. The SMILES string of the molecule is CN(Cc1ccoc1)CC(C)(CN)c1ccccc1. The van der Waals surface area contributed by atoms with E-state index < -0.39 is 0 Å². The molecule has 1 unspecified atom stereocenters. The Labute approximate surface area is 115 Å². The van der Waals surface area contributed by atoms with Gasteiger partial charge in [0.15, 0.2) is 0 Å². The molecular weight excluding hydrogens is 236 g/mol. The normalized spacial score (nSPS) is 14.5. The van der Waals surface area contributed by atoms with Crippen LogP contribution in [0.5, 0.6) is 0 Å². The van der Waals surface area contributed by atoms with E-state index in [0.29, 0.717) is 6.54 Å². The van der Waals surface area contributed by atoms with E-state index in [1.165, 1.54) is 11.1 Å². The van der Waals surface area contributed by atoms with Gasteiger partial charge < -0.3 is 15.1 Å². The fourth-order valence-electron chi connectivity index (χ4n) is 2.46. The molecule has 2 rings (SSSR count). The number of furan rings is 1. The van der Waals surface area contributed by atoms with Crippen LogP contribution in [0.1, 0.15) is 18.1 Å². The van der Waals surface area contributed by atoms with Crippen LogP contribution in [0.2, 0.25) is 0 Å². The minimum Gasteiger partial charge on any atom is -0.472 e. The van der Waals surface area contributed by atoms with E-state index in [-0.39, 0.29) is 5.41 Å². The van der Waals surface area contributed by atoms with Crippen LogP contribution in [-0.2, 0) is 12.0 Å². The fraction of sp³-hybridized carbons (Fsp3) is 0.375. The van der Waals surface area contributed by atoms with Gasteiger partial charge in [0.2, 0.25) is 0 Å². The minimum atomic E-state index is -0.0280. The van der Waals surface area contributed by atoms with Gasteiger partial charge in [0, 0.05) is 30.6 Å². The molecule has 0 aliphatic rings. The molecule has 2 aromatic rings. The standard InChI is InChI=1S/C16H22N2O/c1-16(12-17,15-6-4-3-5-7-15)13-18(2)10-14-8-9-19-11-14/h3-9,11H,10,12-13,17H2,1-2H3. The molecule has 0 spiro atoms. The van der Waals surface area contributed by atoms with Crippen molar-refractivity contribution in [1.29, 1.82) is 0 Å². The van der Waals surface area contributed by atoms with Gasteiger partial charge in [-0.3, -0.25) is 0 Å². The largest absolute Gasteiger partial charge is 0.472 e. The second-order valence-corrected chi connectivity index (χ2v) is 5.43. The van der Waals surface area contributed by atoms with E-state index >= 15 is 0 Å². The monoisotopic (exact) mass is 258 g/mol. The number of benzene rings is 1. The summed E-state index contributed by atoms with van der Waals surface area (Å²) in [7, 11) is 2.11. The van der Waals surface area contributed by atoms with Crippen molar-refractivity contribution in [1.82, 2.24) is 4.90 Å². The lowest BCUT2D eigenvalue weighted by molar-refractivity contribution is 0.252. The number of nitrogens with two attached hydrogens (primary N) is 1. The molecule has 19 heavy (non-hydrogen) atoms. The summed E-state index contributed by atoms with van der Waals surface area (Å²) in [6.07, 6.45) is 3.50. The Morgan fingerprint density at radius 3 is 2.53 bits per heavy atom. The molecule has 0 aliphatic carbocycles. The van der Waals surface area contributed by atoms with Gasteiger partial charge in [0.05, 0.1) is 12.5 Å². The first kappa shape index (κ1) is 13.8. The lowest BCUT2D eigenvalue weighted by Gasteiger charge is -2.33. The Bertz CT molecular complexity index is 481. The second kappa shape index (κ2) is 6.04. The van der Waals surface area contributed by atoms with E-state index in [2.05, 4.69) is 43.1 Å². The van der Waals surface area contributed by atoms with Crippen LogP contribution in [0.15, 0.2) is 53.3 Å². The molecule has 0 fully saturated rings. The molecule has 0 bridgehead atoms. The van der Waals surface area contributed by atoms with E-state index in [9.17, 15) is 0 Å². The van der Waals surface area contributed by atoms with Crippen molar-refractivity contribution in [3.8, 4) is 0 Å². The average molecular weight is 258 g/mol. The van der Waals surface area contributed by atoms with E-state index in [4.69, 9.17) is 10.2 Å². The smallest absolute Gasteiger partial charge is 0.0947 e. The lowest BCUT2D eigenvalue weighted by atomic mass is 9.82. The van der Waals surface area contributed by atoms with Gasteiger partial charge >= 0.3 is 0 Å². The Hall–Kier alpha value is -1.58. The number of hydrogen-bond donors (Lipinski definition) is 1. The van der Waals surface area contributed by atoms with Crippen LogP contribution in [0.25, 0.3) is 0 Å².